The van der Waals surface area contributed by atoms with Gasteiger partial charge in [-0.2, -0.15) is 0 Å². The number of rotatable bonds is 3. The van der Waals surface area contributed by atoms with Gasteiger partial charge in [-0.05, 0) is 18.2 Å². The van der Waals surface area contributed by atoms with E-state index in [9.17, 15) is 14.0 Å². The molecule has 2 N–H and O–H groups in total. The van der Waals surface area contributed by atoms with E-state index in [1.807, 2.05) is 0 Å². The molecule has 2 amide bonds. The Kier molecular flexibility index (Phi) is 4.27. The second-order valence-corrected chi connectivity index (χ2v) is 3.49. The molecule has 18 heavy (non-hydrogen) atoms. The third-order valence-electron chi connectivity index (χ3n) is 2.13. The Morgan fingerprint density at radius 3 is 2.72 bits per heavy atom. The standard InChI is InChI=1S/C12H11FN2O3/c1-3-6-15(2)12(18)14-8-4-5-9(11(16)17)10(13)7-8/h1,4-5,7H,6H2,2H3,(H,14,18)(H,16,17). The number of urea groups is 1. The largest absolute Gasteiger partial charge is 0.478 e. The van der Waals surface area contributed by atoms with E-state index >= 15 is 0 Å². The summed E-state index contributed by atoms with van der Waals surface area (Å²) >= 11 is 0. The molecule has 0 fully saturated rings. The number of benzene rings is 1. The van der Waals surface area contributed by atoms with Crippen molar-refractivity contribution in [3.63, 3.8) is 0 Å². The molecule has 6 heteroatoms. The summed E-state index contributed by atoms with van der Waals surface area (Å²) < 4.78 is 13.3. The van der Waals surface area contributed by atoms with Gasteiger partial charge in [0.15, 0.2) is 0 Å². The number of nitrogens with one attached hydrogen (secondary N) is 1. The van der Waals surface area contributed by atoms with Crippen LogP contribution in [-0.2, 0) is 0 Å². The molecule has 1 aromatic rings. The predicted octanol–water partition coefficient (Wildman–Crippen LogP) is 1.62. The Morgan fingerprint density at radius 2 is 2.22 bits per heavy atom. The first-order valence-electron chi connectivity index (χ1n) is 4.94. The molecule has 0 saturated heterocycles. The van der Waals surface area contributed by atoms with Gasteiger partial charge in [0.25, 0.3) is 0 Å². The van der Waals surface area contributed by atoms with Crippen LogP contribution in [0.25, 0.3) is 0 Å². The smallest absolute Gasteiger partial charge is 0.338 e. The number of amides is 2. The number of terminal acetylenes is 1. The van der Waals surface area contributed by atoms with Crippen molar-refractivity contribution >= 4 is 17.7 Å². The number of halogens is 1. The summed E-state index contributed by atoms with van der Waals surface area (Å²) in [6.45, 7) is 0.113. The molecule has 0 aliphatic heterocycles. The van der Waals surface area contributed by atoms with Crippen LogP contribution in [0, 0.1) is 18.2 Å². The number of anilines is 1. The number of carboxylic acid groups (broad SMARTS) is 1. The maximum atomic E-state index is 13.3. The van der Waals surface area contributed by atoms with Crippen molar-refractivity contribution < 1.29 is 19.1 Å². The number of hydrogen-bond donors (Lipinski definition) is 2. The topological polar surface area (TPSA) is 69.6 Å². The highest BCUT2D eigenvalue weighted by Crippen LogP contribution is 2.14. The average Bonchev–Trinajstić information content (AvgIpc) is 2.28. The normalized spacial score (nSPS) is 9.39. The first-order chi connectivity index (χ1) is 8.45. The SMILES string of the molecule is C#CCN(C)C(=O)Nc1ccc(C(=O)O)c(F)c1. The molecule has 0 atom stereocenters. The zero-order chi connectivity index (χ0) is 13.7. The molecule has 0 spiro atoms. The van der Waals surface area contributed by atoms with Crippen LogP contribution in [0.5, 0.6) is 0 Å². The molecule has 5 nitrogen and oxygen atoms in total. The van der Waals surface area contributed by atoms with Crippen molar-refractivity contribution in [1.82, 2.24) is 4.90 Å². The van der Waals surface area contributed by atoms with Crippen LogP contribution in [-0.4, -0.2) is 35.6 Å². The molecule has 0 aliphatic rings. The van der Waals surface area contributed by atoms with Crippen molar-refractivity contribution in [2.45, 2.75) is 0 Å². The number of carbonyl (C=O) groups is 2. The Hall–Kier alpha value is -2.55. The van der Waals surface area contributed by atoms with Crippen molar-refractivity contribution in [3.8, 4) is 12.3 Å². The second kappa shape index (κ2) is 5.68. The molecule has 0 heterocycles. The molecular formula is C12H11FN2O3. The number of carboxylic acids is 1. The summed E-state index contributed by atoms with van der Waals surface area (Å²) in [4.78, 5) is 23.3. The lowest BCUT2D eigenvalue weighted by atomic mass is 10.2. The van der Waals surface area contributed by atoms with Crippen LogP contribution in [0.2, 0.25) is 0 Å². The number of aromatic carboxylic acids is 1. The Bertz CT molecular complexity index is 523. The van der Waals surface area contributed by atoms with Gasteiger partial charge in [0, 0.05) is 12.7 Å². The number of nitrogens with zero attached hydrogens (tertiary/aromatic N) is 1. The van der Waals surface area contributed by atoms with Crippen molar-refractivity contribution in [3.05, 3.63) is 29.6 Å². The van der Waals surface area contributed by atoms with Crippen molar-refractivity contribution in [2.75, 3.05) is 18.9 Å². The van der Waals surface area contributed by atoms with E-state index < -0.39 is 23.4 Å². The number of carbonyl (C=O) groups excluding carboxylic acids is 1. The Balaban J connectivity index is 2.81. The van der Waals surface area contributed by atoms with Crippen LogP contribution in [0.1, 0.15) is 10.4 Å². The van der Waals surface area contributed by atoms with Crippen LogP contribution in [0.15, 0.2) is 18.2 Å². The van der Waals surface area contributed by atoms with Gasteiger partial charge in [-0.1, -0.05) is 5.92 Å². The number of hydrogen-bond acceptors (Lipinski definition) is 2. The van der Waals surface area contributed by atoms with E-state index in [2.05, 4.69) is 11.2 Å². The zero-order valence-corrected chi connectivity index (χ0v) is 9.61. The first-order valence-corrected chi connectivity index (χ1v) is 4.94. The van der Waals surface area contributed by atoms with Crippen molar-refractivity contribution in [2.24, 2.45) is 0 Å². The van der Waals surface area contributed by atoms with Gasteiger partial charge in [-0.15, -0.1) is 6.42 Å². The summed E-state index contributed by atoms with van der Waals surface area (Å²) in [5.41, 5.74) is -0.295. The summed E-state index contributed by atoms with van der Waals surface area (Å²) in [6, 6.07) is 2.81. The average molecular weight is 250 g/mol. The lowest BCUT2D eigenvalue weighted by Crippen LogP contribution is -2.31. The minimum Gasteiger partial charge on any atom is -0.478 e. The predicted molar refractivity (Wildman–Crippen MR) is 63.8 cm³/mol. The third-order valence-corrected chi connectivity index (χ3v) is 2.13. The van der Waals surface area contributed by atoms with Crippen LogP contribution >= 0.6 is 0 Å². The summed E-state index contributed by atoms with van der Waals surface area (Å²) in [5, 5.41) is 11.0. The Morgan fingerprint density at radius 1 is 1.56 bits per heavy atom. The molecule has 0 bridgehead atoms. The van der Waals surface area contributed by atoms with E-state index in [0.29, 0.717) is 0 Å². The molecule has 0 unspecified atom stereocenters. The van der Waals surface area contributed by atoms with Gasteiger partial charge in [0.2, 0.25) is 0 Å². The fourth-order valence-corrected chi connectivity index (χ4v) is 1.19. The molecule has 0 saturated carbocycles. The molecule has 0 aliphatic carbocycles. The molecule has 0 radical (unpaired) electrons. The maximum absolute atomic E-state index is 13.3. The first kappa shape index (κ1) is 13.5. The van der Waals surface area contributed by atoms with Crippen LogP contribution < -0.4 is 5.32 Å². The quantitative estimate of drug-likeness (QED) is 0.801. The van der Waals surface area contributed by atoms with E-state index in [1.165, 1.54) is 18.0 Å². The van der Waals surface area contributed by atoms with Crippen LogP contribution in [0.4, 0.5) is 14.9 Å². The van der Waals surface area contributed by atoms with E-state index in [1.54, 1.807) is 0 Å². The highest BCUT2D eigenvalue weighted by molar-refractivity contribution is 5.91. The highest BCUT2D eigenvalue weighted by Gasteiger charge is 2.12. The molecule has 1 aromatic carbocycles. The zero-order valence-electron chi connectivity index (χ0n) is 9.61. The minimum absolute atomic E-state index is 0.113. The maximum Gasteiger partial charge on any atom is 0.338 e. The third kappa shape index (κ3) is 3.22. The molecule has 1 rings (SSSR count). The summed E-state index contributed by atoms with van der Waals surface area (Å²) in [5.74, 6) is 0.000225. The van der Waals surface area contributed by atoms with Gasteiger partial charge >= 0.3 is 12.0 Å². The molecule has 94 valence electrons. The monoisotopic (exact) mass is 250 g/mol. The summed E-state index contributed by atoms with van der Waals surface area (Å²) in [7, 11) is 1.48. The molecular weight excluding hydrogens is 239 g/mol. The lowest BCUT2D eigenvalue weighted by molar-refractivity contribution is 0.0692. The van der Waals surface area contributed by atoms with Gasteiger partial charge in [-0.3, -0.25) is 0 Å². The van der Waals surface area contributed by atoms with Crippen LogP contribution in [0.3, 0.4) is 0 Å². The lowest BCUT2D eigenvalue weighted by Gasteiger charge is -2.15. The fraction of sp³-hybridized carbons (Fsp3) is 0.167. The van der Waals surface area contributed by atoms with Gasteiger partial charge < -0.3 is 15.3 Å². The van der Waals surface area contributed by atoms with Gasteiger partial charge in [0.05, 0.1) is 12.1 Å². The highest BCUT2D eigenvalue weighted by atomic mass is 19.1. The second-order valence-electron chi connectivity index (χ2n) is 3.49. The van der Waals surface area contributed by atoms with Gasteiger partial charge in [0.1, 0.15) is 5.82 Å². The fourth-order valence-electron chi connectivity index (χ4n) is 1.19. The van der Waals surface area contributed by atoms with E-state index in [4.69, 9.17) is 11.5 Å². The summed E-state index contributed by atoms with van der Waals surface area (Å²) in [6.07, 6.45) is 5.04. The molecule has 0 aromatic heterocycles. The van der Waals surface area contributed by atoms with E-state index in [0.717, 1.165) is 12.1 Å². The van der Waals surface area contributed by atoms with Gasteiger partial charge in [-0.25, -0.2) is 14.0 Å². The Labute approximate surface area is 103 Å². The van der Waals surface area contributed by atoms with Crippen molar-refractivity contribution in [1.29, 1.82) is 0 Å². The van der Waals surface area contributed by atoms with E-state index in [-0.39, 0.29) is 12.2 Å². The minimum atomic E-state index is -1.37.